The zero-order chi connectivity index (χ0) is 29.7. The molecule has 0 N–H and O–H groups in total. The molecule has 0 unspecified atom stereocenters. The molecule has 7 rings (SSSR count). The molecule has 1 aliphatic heterocycles. The molecular formula is C32H24N6OS4. The molecule has 4 heterocycles. The van der Waals surface area contributed by atoms with Gasteiger partial charge in [0.2, 0.25) is 0 Å². The Morgan fingerprint density at radius 2 is 1.51 bits per heavy atom. The molecule has 1 saturated heterocycles. The Hall–Kier alpha value is -4.03. The third-order valence-corrected chi connectivity index (χ3v) is 10.3. The monoisotopic (exact) mass is 636 g/mol. The zero-order valence-corrected chi connectivity index (χ0v) is 26.7. The summed E-state index contributed by atoms with van der Waals surface area (Å²) in [5.41, 5.74) is 7.08. The highest BCUT2D eigenvalue weighted by atomic mass is 32.2. The van der Waals surface area contributed by atoms with Gasteiger partial charge in [0.1, 0.15) is 31.7 Å². The van der Waals surface area contributed by atoms with E-state index in [2.05, 4.69) is 99.2 Å². The minimum atomic E-state index is -0.195. The van der Waals surface area contributed by atoms with E-state index in [0.717, 1.165) is 49.4 Å². The number of nitrogens with zero attached hydrogens (tertiary/aromatic N) is 6. The zero-order valence-electron chi connectivity index (χ0n) is 23.4. The number of benzene rings is 3. The molecule has 0 radical (unpaired) electrons. The number of aliphatic imine (C=N–C) groups is 1. The number of aryl methyl sites for hydroxylation is 2. The molecule has 212 valence electrons. The number of thiocarbonyl (C=S) groups is 1. The van der Waals surface area contributed by atoms with Gasteiger partial charge in [0, 0.05) is 28.7 Å². The number of fused-ring (bicyclic) bond motifs is 2. The minimum Gasteiger partial charge on any atom is -0.301 e. The summed E-state index contributed by atoms with van der Waals surface area (Å²) in [6, 6.07) is 25.6. The van der Waals surface area contributed by atoms with Crippen LogP contribution in [0.5, 0.6) is 0 Å². The quantitative estimate of drug-likeness (QED) is 0.169. The van der Waals surface area contributed by atoms with E-state index in [9.17, 15) is 4.79 Å². The highest BCUT2D eigenvalue weighted by molar-refractivity contribution is 8.35. The van der Waals surface area contributed by atoms with Crippen molar-refractivity contribution in [3.8, 4) is 10.6 Å². The lowest BCUT2D eigenvalue weighted by molar-refractivity contribution is -0.119. The fraction of sp³-hybridized carbons (Fsp3) is 0.125. The molecule has 0 spiro atoms. The summed E-state index contributed by atoms with van der Waals surface area (Å²) in [7, 11) is 0. The van der Waals surface area contributed by atoms with Gasteiger partial charge in [-0.3, -0.25) is 14.7 Å². The van der Waals surface area contributed by atoms with E-state index in [0.29, 0.717) is 32.6 Å². The number of thiophene rings is 1. The third-order valence-electron chi connectivity index (χ3n) is 7.25. The first-order valence-corrected chi connectivity index (χ1v) is 16.4. The topological polar surface area (TPSA) is 74.6 Å². The van der Waals surface area contributed by atoms with Gasteiger partial charge in [-0.2, -0.15) is 8.75 Å². The van der Waals surface area contributed by atoms with Gasteiger partial charge in [-0.15, -0.1) is 11.3 Å². The number of hydrogen-bond donors (Lipinski definition) is 0. The van der Waals surface area contributed by atoms with E-state index in [-0.39, 0.29) is 5.91 Å². The maximum atomic E-state index is 12.8. The molecule has 43 heavy (non-hydrogen) atoms. The van der Waals surface area contributed by atoms with Gasteiger partial charge >= 0.3 is 0 Å². The van der Waals surface area contributed by atoms with E-state index in [1.165, 1.54) is 22.9 Å². The largest absolute Gasteiger partial charge is 0.301 e. The number of rotatable bonds is 6. The van der Waals surface area contributed by atoms with Crippen LogP contribution in [0.2, 0.25) is 0 Å². The fourth-order valence-corrected chi connectivity index (χ4v) is 8.18. The van der Waals surface area contributed by atoms with Crippen molar-refractivity contribution in [1.82, 2.24) is 18.6 Å². The summed E-state index contributed by atoms with van der Waals surface area (Å²) in [4.78, 5) is 27.2. The lowest BCUT2D eigenvalue weighted by Crippen LogP contribution is -2.29. The molecule has 0 bridgehead atoms. The summed E-state index contributed by atoms with van der Waals surface area (Å²) in [6.45, 7) is 6.60. The Morgan fingerprint density at radius 3 is 2.14 bits per heavy atom. The predicted molar refractivity (Wildman–Crippen MR) is 185 cm³/mol. The minimum absolute atomic E-state index is 0.195. The lowest BCUT2D eigenvalue weighted by Gasteiger charge is -2.24. The predicted octanol–water partition coefficient (Wildman–Crippen LogP) is 8.96. The van der Waals surface area contributed by atoms with Crippen LogP contribution in [-0.4, -0.2) is 40.4 Å². The number of anilines is 3. The van der Waals surface area contributed by atoms with Gasteiger partial charge in [-0.05, 0) is 56.8 Å². The average molecular weight is 637 g/mol. The van der Waals surface area contributed by atoms with E-state index in [1.54, 1.807) is 22.4 Å². The van der Waals surface area contributed by atoms with Crippen molar-refractivity contribution in [2.45, 2.75) is 20.8 Å². The Morgan fingerprint density at radius 1 is 0.884 bits per heavy atom. The Labute approximate surface area is 266 Å². The number of hydrogen-bond acceptors (Lipinski definition) is 10. The first kappa shape index (κ1) is 27.8. The number of thioether (sulfide) groups is 1. The number of carbonyl (C=O) groups excluding carboxylic acids is 1. The Kier molecular flexibility index (Phi) is 7.26. The Bertz CT molecular complexity index is 2020. The number of aromatic nitrogens is 3. The van der Waals surface area contributed by atoms with Crippen LogP contribution >= 0.6 is 47.0 Å². The summed E-state index contributed by atoms with van der Waals surface area (Å²) in [6.07, 6.45) is 1.68. The van der Waals surface area contributed by atoms with Crippen LogP contribution in [0.25, 0.3) is 32.4 Å². The second kappa shape index (κ2) is 11.2. The summed E-state index contributed by atoms with van der Waals surface area (Å²) < 4.78 is 9.74. The van der Waals surface area contributed by atoms with Gasteiger partial charge < -0.3 is 4.90 Å². The lowest BCUT2D eigenvalue weighted by atomic mass is 10.1. The van der Waals surface area contributed by atoms with E-state index < -0.39 is 0 Å². The maximum absolute atomic E-state index is 12.8. The molecule has 7 nitrogen and oxygen atoms in total. The second-order valence-corrected chi connectivity index (χ2v) is 13.2. The van der Waals surface area contributed by atoms with Crippen LogP contribution in [0.15, 0.2) is 84.0 Å². The SMILES string of the molecule is CCN1C(=O)/C(=N\c2cnc(-c3sc(N(c4ccc(C)cc4)c4ccc(C)cc4)c4ccccc34)c3nsnc23)SC1=S. The second-order valence-electron chi connectivity index (χ2n) is 10.1. The van der Waals surface area contributed by atoms with Gasteiger partial charge in [0.15, 0.2) is 5.04 Å². The van der Waals surface area contributed by atoms with Gasteiger partial charge in [0.05, 0.1) is 22.8 Å². The van der Waals surface area contributed by atoms with Crippen LogP contribution < -0.4 is 4.90 Å². The molecule has 0 atom stereocenters. The standard InChI is InChI=1S/C32H24N6OS4/c1-4-37-30(39)29(42-32(37)40)34-24-17-33-27(26-25(24)35-43-36-26)28-22-7-5-6-8-23(22)31(41-28)38(20-13-9-18(2)10-14-20)21-15-11-19(3)12-16-21/h5-17H,4H2,1-3H3/b34-29+. The van der Waals surface area contributed by atoms with E-state index in [1.807, 2.05) is 13.0 Å². The number of amides is 1. The van der Waals surface area contributed by atoms with Gasteiger partial charge in [-0.25, -0.2) is 4.99 Å². The fourth-order valence-electron chi connectivity index (χ4n) is 5.03. The molecular weight excluding hydrogens is 613 g/mol. The van der Waals surface area contributed by atoms with Crippen LogP contribution in [0.1, 0.15) is 18.1 Å². The molecule has 11 heteroatoms. The van der Waals surface area contributed by atoms with Crippen molar-refractivity contribution < 1.29 is 4.79 Å². The Balaban J connectivity index is 1.40. The van der Waals surface area contributed by atoms with Crippen LogP contribution in [0.4, 0.5) is 22.1 Å². The molecule has 3 aromatic heterocycles. The smallest absolute Gasteiger partial charge is 0.284 e. The highest BCUT2D eigenvalue weighted by Gasteiger charge is 2.33. The molecule has 1 aliphatic rings. The number of carbonyl (C=O) groups is 1. The van der Waals surface area contributed by atoms with E-state index >= 15 is 0 Å². The number of pyridine rings is 1. The highest BCUT2D eigenvalue weighted by Crippen LogP contribution is 2.49. The molecule has 0 saturated carbocycles. The van der Waals surface area contributed by atoms with Gasteiger partial charge in [0.25, 0.3) is 5.91 Å². The normalized spacial score (nSPS) is 14.5. The molecule has 6 aromatic rings. The van der Waals surface area contributed by atoms with Crippen LogP contribution in [-0.2, 0) is 4.79 Å². The van der Waals surface area contributed by atoms with Crippen molar-refractivity contribution in [3.63, 3.8) is 0 Å². The average Bonchev–Trinajstić information content (AvgIpc) is 3.72. The van der Waals surface area contributed by atoms with Crippen molar-refractivity contribution in [3.05, 3.63) is 90.1 Å². The summed E-state index contributed by atoms with van der Waals surface area (Å²) in [5.74, 6) is -0.195. The van der Waals surface area contributed by atoms with E-state index in [4.69, 9.17) is 17.2 Å². The first-order chi connectivity index (χ1) is 20.9. The van der Waals surface area contributed by atoms with Crippen molar-refractivity contribution >= 4 is 106 Å². The first-order valence-electron chi connectivity index (χ1n) is 13.6. The van der Waals surface area contributed by atoms with Crippen molar-refractivity contribution in [1.29, 1.82) is 0 Å². The molecule has 0 aliphatic carbocycles. The van der Waals surface area contributed by atoms with Crippen molar-refractivity contribution in [2.75, 3.05) is 11.4 Å². The molecule has 1 amide bonds. The maximum Gasteiger partial charge on any atom is 0.284 e. The summed E-state index contributed by atoms with van der Waals surface area (Å²) >= 11 is 9.36. The summed E-state index contributed by atoms with van der Waals surface area (Å²) in [5, 5.41) is 3.61. The van der Waals surface area contributed by atoms with Crippen LogP contribution in [0.3, 0.4) is 0 Å². The van der Waals surface area contributed by atoms with Gasteiger partial charge in [-0.1, -0.05) is 71.9 Å². The molecule has 3 aromatic carbocycles. The third kappa shape index (κ3) is 4.92. The van der Waals surface area contributed by atoms with Crippen LogP contribution in [0, 0.1) is 13.8 Å². The molecule has 1 fully saturated rings. The van der Waals surface area contributed by atoms with Crippen molar-refractivity contribution in [2.24, 2.45) is 4.99 Å².